The van der Waals surface area contributed by atoms with Gasteiger partial charge in [0, 0.05) is 43.1 Å². The third kappa shape index (κ3) is 3.97. The van der Waals surface area contributed by atoms with E-state index >= 15 is 0 Å². The zero-order valence-electron chi connectivity index (χ0n) is 12.4. The molecule has 1 aliphatic rings. The largest absolute Gasteiger partial charge is 0.480 e. The number of urea groups is 1. The molecule has 10 heteroatoms. The lowest BCUT2D eigenvalue weighted by Gasteiger charge is -2.31. The molecule has 1 saturated heterocycles. The lowest BCUT2D eigenvalue weighted by molar-refractivity contribution is -0.144. The van der Waals surface area contributed by atoms with Crippen LogP contribution in [0.15, 0.2) is 4.99 Å². The van der Waals surface area contributed by atoms with E-state index in [1.165, 1.54) is 20.4 Å². The molecule has 0 aromatic rings. The van der Waals surface area contributed by atoms with Crippen molar-refractivity contribution in [2.75, 3.05) is 26.1 Å². The number of carboxylic acid groups (broad SMARTS) is 1. The Kier molecular flexibility index (Phi) is 5.92. The van der Waals surface area contributed by atoms with E-state index in [0.717, 1.165) is 16.0 Å². The first-order valence-electron chi connectivity index (χ1n) is 6.32. The molecular weight excluding hydrogens is 314 g/mol. The number of amides is 4. The molecule has 9 nitrogen and oxygen atoms in total. The van der Waals surface area contributed by atoms with Gasteiger partial charge < -0.3 is 5.11 Å². The van der Waals surface area contributed by atoms with Gasteiger partial charge in [-0.05, 0) is 6.42 Å². The summed E-state index contributed by atoms with van der Waals surface area (Å²) in [6.45, 7) is 0. The maximum atomic E-state index is 11.9. The fourth-order valence-corrected chi connectivity index (χ4v) is 2.35. The van der Waals surface area contributed by atoms with Gasteiger partial charge in [-0.1, -0.05) is 0 Å². The van der Waals surface area contributed by atoms with Gasteiger partial charge in [-0.2, -0.15) is 0 Å². The third-order valence-corrected chi connectivity index (χ3v) is 3.96. The van der Waals surface area contributed by atoms with Crippen LogP contribution in [0.2, 0.25) is 0 Å². The Morgan fingerprint density at radius 2 is 1.82 bits per heavy atom. The molecule has 0 bridgehead atoms. The van der Waals surface area contributed by atoms with Crippen LogP contribution in [-0.2, 0) is 25.2 Å². The van der Waals surface area contributed by atoms with Crippen LogP contribution in [0.4, 0.5) is 4.79 Å². The summed E-state index contributed by atoms with van der Waals surface area (Å²) in [5.74, 6) is -3.96. The van der Waals surface area contributed by atoms with Gasteiger partial charge in [0.1, 0.15) is 6.04 Å². The van der Waals surface area contributed by atoms with Crippen LogP contribution in [0.3, 0.4) is 0 Å². The average Bonchev–Trinajstić information content (AvgIpc) is 2.45. The minimum absolute atomic E-state index is 0.0225. The Hall–Kier alpha value is -2.10. The number of carboxylic acids is 1. The second kappa shape index (κ2) is 7.25. The van der Waals surface area contributed by atoms with Crippen molar-refractivity contribution in [3.8, 4) is 0 Å². The van der Waals surface area contributed by atoms with Crippen molar-refractivity contribution in [1.29, 1.82) is 0 Å². The molecule has 22 heavy (non-hydrogen) atoms. The molecule has 1 fully saturated rings. The summed E-state index contributed by atoms with van der Waals surface area (Å²) < 4.78 is 11.0. The highest BCUT2D eigenvalue weighted by Gasteiger charge is 2.41. The molecule has 2 atom stereocenters. The number of barbiturate groups is 1. The first kappa shape index (κ1) is 18.0. The number of aliphatic carboxylic acids is 1. The number of hydrogen-bond acceptors (Lipinski definition) is 6. The molecule has 4 amide bonds. The Morgan fingerprint density at radius 3 is 2.23 bits per heavy atom. The van der Waals surface area contributed by atoms with Crippen LogP contribution < -0.4 is 0 Å². The van der Waals surface area contributed by atoms with Gasteiger partial charge in [-0.15, -0.1) is 0 Å². The van der Waals surface area contributed by atoms with E-state index in [1.807, 2.05) is 0 Å². The standard InChI is InChI=1S/C12H17N3O6S/c1-14-9(16)7(10(17)15(2)12(14)20)6-13-8(11(18)19)4-5-22(3)21/h6-8H,4-5H2,1-3H3,(H,18,19)/t8-,22+/m1/s1. The molecule has 1 heterocycles. The summed E-state index contributed by atoms with van der Waals surface area (Å²) in [6, 6.07) is -1.95. The first-order valence-corrected chi connectivity index (χ1v) is 8.04. The van der Waals surface area contributed by atoms with Crippen molar-refractivity contribution in [3.63, 3.8) is 0 Å². The van der Waals surface area contributed by atoms with Crippen molar-refractivity contribution < 1.29 is 28.5 Å². The normalized spacial score (nSPS) is 19.9. The average molecular weight is 331 g/mol. The van der Waals surface area contributed by atoms with Gasteiger partial charge in [-0.3, -0.25) is 28.6 Å². The van der Waals surface area contributed by atoms with Gasteiger partial charge in [0.15, 0.2) is 5.92 Å². The van der Waals surface area contributed by atoms with Crippen molar-refractivity contribution in [3.05, 3.63) is 0 Å². The highest BCUT2D eigenvalue weighted by Crippen LogP contribution is 2.14. The Balaban J connectivity index is 2.91. The van der Waals surface area contributed by atoms with Crippen molar-refractivity contribution >= 4 is 40.8 Å². The molecule has 0 aliphatic carbocycles. The van der Waals surface area contributed by atoms with Crippen LogP contribution >= 0.6 is 0 Å². The number of aliphatic imine (C=N–C) groups is 1. The van der Waals surface area contributed by atoms with Gasteiger partial charge in [0.25, 0.3) is 0 Å². The van der Waals surface area contributed by atoms with Crippen molar-refractivity contribution in [2.24, 2.45) is 10.9 Å². The Labute approximate surface area is 129 Å². The molecule has 122 valence electrons. The van der Waals surface area contributed by atoms with Crippen LogP contribution in [-0.4, -0.2) is 81.3 Å². The molecule has 0 saturated carbocycles. The van der Waals surface area contributed by atoms with Crippen molar-refractivity contribution in [1.82, 2.24) is 9.80 Å². The zero-order chi connectivity index (χ0) is 17.0. The van der Waals surface area contributed by atoms with Gasteiger partial charge in [0.05, 0.1) is 0 Å². The summed E-state index contributed by atoms with van der Waals surface area (Å²) >= 11 is 0. The number of carbonyl (C=O) groups is 4. The lowest BCUT2D eigenvalue weighted by atomic mass is 10.1. The molecular formula is C12H17N3O6S. The van der Waals surface area contributed by atoms with E-state index in [1.54, 1.807) is 0 Å². The highest BCUT2D eigenvalue weighted by atomic mass is 32.2. The van der Waals surface area contributed by atoms with E-state index < -0.39 is 46.6 Å². The van der Waals surface area contributed by atoms with Gasteiger partial charge in [0.2, 0.25) is 11.8 Å². The van der Waals surface area contributed by atoms with Crippen LogP contribution in [0, 0.1) is 5.92 Å². The van der Waals surface area contributed by atoms with E-state index in [4.69, 9.17) is 5.11 Å². The molecule has 0 spiro atoms. The Bertz CT molecular complexity index is 537. The van der Waals surface area contributed by atoms with E-state index in [9.17, 15) is 23.4 Å². The quantitative estimate of drug-likeness (QED) is 0.489. The molecule has 0 radical (unpaired) electrons. The minimum atomic E-state index is -1.33. The summed E-state index contributed by atoms with van der Waals surface area (Å²) in [5, 5.41) is 9.04. The zero-order valence-corrected chi connectivity index (χ0v) is 13.2. The van der Waals surface area contributed by atoms with E-state index in [0.29, 0.717) is 0 Å². The number of carbonyl (C=O) groups excluding carboxylic acids is 3. The summed E-state index contributed by atoms with van der Waals surface area (Å²) in [5.41, 5.74) is 0. The maximum Gasteiger partial charge on any atom is 0.332 e. The SMILES string of the molecule is CN1C(=O)C(C=N[C@H](CC[S@](C)=O)C(=O)O)C(=O)N(C)C1=O. The third-order valence-electron chi connectivity index (χ3n) is 3.15. The fourth-order valence-electron chi connectivity index (χ4n) is 1.79. The predicted octanol–water partition coefficient (Wildman–Crippen LogP) is -1.05. The smallest absolute Gasteiger partial charge is 0.332 e. The summed E-state index contributed by atoms with van der Waals surface area (Å²) in [4.78, 5) is 51.7. The lowest BCUT2D eigenvalue weighted by Crippen LogP contribution is -2.57. The van der Waals surface area contributed by atoms with Crippen LogP contribution in [0.5, 0.6) is 0 Å². The van der Waals surface area contributed by atoms with Gasteiger partial charge >= 0.3 is 12.0 Å². The maximum absolute atomic E-state index is 11.9. The monoisotopic (exact) mass is 331 g/mol. The molecule has 0 aromatic carbocycles. The molecule has 1 N–H and O–H groups in total. The summed E-state index contributed by atoms with van der Waals surface area (Å²) in [7, 11) is 1.28. The van der Waals surface area contributed by atoms with E-state index in [-0.39, 0.29) is 12.2 Å². The molecule has 1 aliphatic heterocycles. The van der Waals surface area contributed by atoms with E-state index in [2.05, 4.69) is 4.99 Å². The molecule has 0 aromatic heterocycles. The van der Waals surface area contributed by atoms with Crippen LogP contribution in [0.25, 0.3) is 0 Å². The highest BCUT2D eigenvalue weighted by molar-refractivity contribution is 7.84. The molecule has 1 rings (SSSR count). The minimum Gasteiger partial charge on any atom is -0.480 e. The molecule has 0 unspecified atom stereocenters. The Morgan fingerprint density at radius 1 is 1.32 bits per heavy atom. The van der Waals surface area contributed by atoms with Crippen molar-refractivity contribution in [2.45, 2.75) is 12.5 Å². The van der Waals surface area contributed by atoms with Crippen LogP contribution in [0.1, 0.15) is 6.42 Å². The second-order valence-corrected chi connectivity index (χ2v) is 6.33. The number of nitrogens with zero attached hydrogens (tertiary/aromatic N) is 3. The fraction of sp³-hybridized carbons (Fsp3) is 0.583. The number of imide groups is 2. The second-order valence-electron chi connectivity index (χ2n) is 4.77. The van der Waals surface area contributed by atoms with Gasteiger partial charge in [-0.25, -0.2) is 9.59 Å². The number of hydrogen-bond donors (Lipinski definition) is 1. The summed E-state index contributed by atoms with van der Waals surface area (Å²) in [6.07, 6.45) is 2.41. The first-order chi connectivity index (χ1) is 10.2. The number of rotatable bonds is 6. The topological polar surface area (TPSA) is 124 Å². The predicted molar refractivity (Wildman–Crippen MR) is 77.9 cm³/mol.